The molecule has 0 radical (unpaired) electrons. The van der Waals surface area contributed by atoms with Gasteiger partial charge in [-0.15, -0.1) is 10.2 Å². The molecule has 4 aromatic rings. The molecule has 0 unspecified atom stereocenters. The monoisotopic (exact) mass is 406 g/mol. The first-order chi connectivity index (χ1) is 14.1. The standard InChI is InChI=1S/C22H22N4O2S/c1-4-25-15(2)13-18(16(25)3)19(27)14-29-22-24-23-21(20-11-8-12-28-20)26(22)17-9-6-5-7-10-17/h5-13H,4,14H2,1-3H3. The highest BCUT2D eigenvalue weighted by Gasteiger charge is 2.20. The molecule has 0 saturated heterocycles. The van der Waals surface area contributed by atoms with Gasteiger partial charge in [-0.1, -0.05) is 30.0 Å². The van der Waals surface area contributed by atoms with Gasteiger partial charge in [0.2, 0.25) is 5.82 Å². The van der Waals surface area contributed by atoms with Crippen molar-refractivity contribution < 1.29 is 9.21 Å². The predicted octanol–water partition coefficient (Wildman–Crippen LogP) is 4.94. The lowest BCUT2D eigenvalue weighted by Gasteiger charge is -2.09. The zero-order valence-corrected chi connectivity index (χ0v) is 17.4. The van der Waals surface area contributed by atoms with Crippen LogP contribution in [0.15, 0.2) is 64.4 Å². The number of benzene rings is 1. The zero-order valence-electron chi connectivity index (χ0n) is 16.6. The van der Waals surface area contributed by atoms with Crippen LogP contribution in [0.25, 0.3) is 17.3 Å². The average molecular weight is 407 g/mol. The summed E-state index contributed by atoms with van der Waals surface area (Å²) >= 11 is 1.38. The number of aryl methyl sites for hydroxylation is 1. The fourth-order valence-electron chi connectivity index (χ4n) is 3.52. The third kappa shape index (κ3) is 3.65. The van der Waals surface area contributed by atoms with E-state index < -0.39 is 0 Å². The summed E-state index contributed by atoms with van der Waals surface area (Å²) in [7, 11) is 0. The summed E-state index contributed by atoms with van der Waals surface area (Å²) in [5, 5.41) is 9.30. The van der Waals surface area contributed by atoms with Gasteiger partial charge in [0.15, 0.2) is 16.7 Å². The SMILES string of the molecule is CCn1c(C)cc(C(=O)CSc2nnc(-c3ccco3)n2-c2ccccc2)c1C. The molecule has 0 aliphatic carbocycles. The Morgan fingerprint density at radius 1 is 1.10 bits per heavy atom. The molecular formula is C22H22N4O2S. The van der Waals surface area contributed by atoms with Crippen molar-refractivity contribution in [3.63, 3.8) is 0 Å². The minimum absolute atomic E-state index is 0.0879. The van der Waals surface area contributed by atoms with Gasteiger partial charge in [-0.25, -0.2) is 0 Å². The second-order valence-electron chi connectivity index (χ2n) is 6.70. The van der Waals surface area contributed by atoms with Crippen LogP contribution in [0.3, 0.4) is 0 Å². The Morgan fingerprint density at radius 2 is 1.90 bits per heavy atom. The number of nitrogens with zero attached hydrogens (tertiary/aromatic N) is 4. The lowest BCUT2D eigenvalue weighted by Crippen LogP contribution is -2.07. The van der Waals surface area contributed by atoms with E-state index in [0.717, 1.165) is 29.2 Å². The molecule has 0 fully saturated rings. The number of para-hydroxylation sites is 1. The Bertz CT molecular complexity index is 1130. The van der Waals surface area contributed by atoms with E-state index >= 15 is 0 Å². The Morgan fingerprint density at radius 3 is 2.55 bits per heavy atom. The van der Waals surface area contributed by atoms with Gasteiger partial charge in [0.1, 0.15) is 0 Å². The molecule has 3 aromatic heterocycles. The maximum absolute atomic E-state index is 12.9. The minimum Gasteiger partial charge on any atom is -0.461 e. The number of carbonyl (C=O) groups excluding carboxylic acids is 1. The van der Waals surface area contributed by atoms with Gasteiger partial charge in [0.25, 0.3) is 0 Å². The van der Waals surface area contributed by atoms with Crippen LogP contribution in [-0.4, -0.2) is 30.9 Å². The number of rotatable bonds is 7. The normalized spacial score (nSPS) is 11.1. The Hall–Kier alpha value is -3.06. The maximum atomic E-state index is 12.9. The summed E-state index contributed by atoms with van der Waals surface area (Å²) in [4.78, 5) is 12.9. The maximum Gasteiger partial charge on any atom is 0.205 e. The molecule has 148 valence electrons. The summed E-state index contributed by atoms with van der Waals surface area (Å²) in [5.74, 6) is 1.62. The van der Waals surface area contributed by atoms with Crippen LogP contribution < -0.4 is 0 Å². The van der Waals surface area contributed by atoms with Crippen LogP contribution in [0.1, 0.15) is 28.7 Å². The summed E-state index contributed by atoms with van der Waals surface area (Å²) in [5.41, 5.74) is 3.80. The summed E-state index contributed by atoms with van der Waals surface area (Å²) in [6.07, 6.45) is 1.61. The second kappa shape index (κ2) is 8.13. The summed E-state index contributed by atoms with van der Waals surface area (Å²) in [6, 6.07) is 15.5. The fourth-order valence-corrected chi connectivity index (χ4v) is 4.35. The smallest absolute Gasteiger partial charge is 0.205 e. The minimum atomic E-state index is 0.0879. The molecule has 3 heterocycles. The molecule has 4 rings (SSSR count). The number of furan rings is 1. The molecule has 0 N–H and O–H groups in total. The highest BCUT2D eigenvalue weighted by atomic mass is 32.2. The largest absolute Gasteiger partial charge is 0.461 e. The number of carbonyl (C=O) groups is 1. The number of aromatic nitrogens is 4. The van der Waals surface area contributed by atoms with E-state index in [0.29, 0.717) is 16.7 Å². The lowest BCUT2D eigenvalue weighted by molar-refractivity contribution is 0.102. The number of Topliss-reactive ketones (excluding diaryl/α,β-unsaturated/α-hetero) is 1. The second-order valence-corrected chi connectivity index (χ2v) is 7.64. The van der Waals surface area contributed by atoms with E-state index in [1.54, 1.807) is 6.26 Å². The molecule has 0 saturated carbocycles. The van der Waals surface area contributed by atoms with Crippen molar-refractivity contribution in [3.8, 4) is 17.3 Å². The number of thioether (sulfide) groups is 1. The van der Waals surface area contributed by atoms with Crippen LogP contribution in [0.2, 0.25) is 0 Å². The van der Waals surface area contributed by atoms with Gasteiger partial charge in [-0.05, 0) is 51.1 Å². The van der Waals surface area contributed by atoms with Crippen molar-refractivity contribution >= 4 is 17.5 Å². The lowest BCUT2D eigenvalue weighted by atomic mass is 10.2. The Balaban J connectivity index is 1.64. The van der Waals surface area contributed by atoms with Crippen molar-refractivity contribution in [1.82, 2.24) is 19.3 Å². The van der Waals surface area contributed by atoms with Crippen molar-refractivity contribution in [2.24, 2.45) is 0 Å². The predicted molar refractivity (Wildman–Crippen MR) is 114 cm³/mol. The topological polar surface area (TPSA) is 65.8 Å². The molecule has 0 atom stereocenters. The van der Waals surface area contributed by atoms with Crippen LogP contribution in [0.5, 0.6) is 0 Å². The first-order valence-corrected chi connectivity index (χ1v) is 10.5. The Kier molecular flexibility index (Phi) is 5.40. The van der Waals surface area contributed by atoms with Gasteiger partial charge < -0.3 is 8.98 Å². The first-order valence-electron chi connectivity index (χ1n) is 9.47. The molecule has 0 aliphatic rings. The molecule has 6 nitrogen and oxygen atoms in total. The number of ketones is 1. The third-order valence-corrected chi connectivity index (χ3v) is 5.84. The van der Waals surface area contributed by atoms with Crippen LogP contribution in [0, 0.1) is 13.8 Å². The van der Waals surface area contributed by atoms with Gasteiger partial charge >= 0.3 is 0 Å². The molecular weight excluding hydrogens is 384 g/mol. The molecule has 0 spiro atoms. The van der Waals surface area contributed by atoms with E-state index in [1.807, 2.05) is 66.9 Å². The van der Waals surface area contributed by atoms with Gasteiger partial charge in [-0.3, -0.25) is 9.36 Å². The number of hydrogen-bond acceptors (Lipinski definition) is 5. The molecule has 7 heteroatoms. The molecule has 0 aliphatic heterocycles. The highest BCUT2D eigenvalue weighted by molar-refractivity contribution is 7.99. The van der Waals surface area contributed by atoms with Gasteiger partial charge in [0.05, 0.1) is 12.0 Å². The van der Waals surface area contributed by atoms with Crippen molar-refractivity contribution in [3.05, 3.63) is 71.7 Å². The van der Waals surface area contributed by atoms with Gasteiger partial charge in [0, 0.05) is 29.2 Å². The van der Waals surface area contributed by atoms with Crippen molar-refractivity contribution in [1.29, 1.82) is 0 Å². The number of hydrogen-bond donors (Lipinski definition) is 0. The molecule has 29 heavy (non-hydrogen) atoms. The third-order valence-electron chi connectivity index (χ3n) is 4.91. The van der Waals surface area contributed by atoms with Gasteiger partial charge in [-0.2, -0.15) is 0 Å². The quantitative estimate of drug-likeness (QED) is 0.321. The van der Waals surface area contributed by atoms with E-state index in [9.17, 15) is 4.79 Å². The molecule has 0 bridgehead atoms. The van der Waals surface area contributed by atoms with Crippen LogP contribution in [0.4, 0.5) is 0 Å². The van der Waals surface area contributed by atoms with E-state index in [1.165, 1.54) is 11.8 Å². The van der Waals surface area contributed by atoms with E-state index in [4.69, 9.17) is 4.42 Å². The van der Waals surface area contributed by atoms with E-state index in [-0.39, 0.29) is 11.5 Å². The van der Waals surface area contributed by atoms with E-state index in [2.05, 4.69) is 21.7 Å². The highest BCUT2D eigenvalue weighted by Crippen LogP contribution is 2.29. The average Bonchev–Trinajstić information content (AvgIpc) is 3.45. The van der Waals surface area contributed by atoms with Crippen LogP contribution in [-0.2, 0) is 6.54 Å². The zero-order chi connectivity index (χ0) is 20.4. The molecule has 0 amide bonds. The molecule has 1 aromatic carbocycles. The summed E-state index contributed by atoms with van der Waals surface area (Å²) < 4.78 is 9.61. The van der Waals surface area contributed by atoms with Crippen molar-refractivity contribution in [2.75, 3.05) is 5.75 Å². The van der Waals surface area contributed by atoms with Crippen LogP contribution >= 0.6 is 11.8 Å². The first kappa shape index (κ1) is 19.3. The fraction of sp³-hybridized carbons (Fsp3) is 0.227. The summed E-state index contributed by atoms with van der Waals surface area (Å²) in [6.45, 7) is 6.96. The Labute approximate surface area is 173 Å². The van der Waals surface area contributed by atoms with Crippen molar-refractivity contribution in [2.45, 2.75) is 32.5 Å².